The highest BCUT2D eigenvalue weighted by Crippen LogP contribution is 2.20. The van der Waals surface area contributed by atoms with E-state index in [0.29, 0.717) is 5.02 Å². The maximum absolute atomic E-state index is 12.2. The van der Waals surface area contributed by atoms with E-state index in [2.05, 4.69) is 5.32 Å². The number of nitrogens with one attached hydrogen (secondary N) is 1. The van der Waals surface area contributed by atoms with Gasteiger partial charge in [0.15, 0.2) is 0 Å². The maximum Gasteiger partial charge on any atom is 0.255 e. The van der Waals surface area contributed by atoms with Crippen LogP contribution in [0.2, 0.25) is 5.02 Å². The normalized spacial score (nSPS) is 11.9. The zero-order valence-electron chi connectivity index (χ0n) is 11.4. The molecule has 0 aliphatic heterocycles. The van der Waals surface area contributed by atoms with Gasteiger partial charge in [0.05, 0.1) is 11.6 Å². The van der Waals surface area contributed by atoms with Gasteiger partial charge in [0, 0.05) is 5.02 Å². The first-order valence-electron chi connectivity index (χ1n) is 6.33. The molecule has 2 N–H and O–H groups in total. The fourth-order valence-electron chi connectivity index (χ4n) is 1.94. The predicted octanol–water partition coefficient (Wildman–Crippen LogP) is 3.85. The van der Waals surface area contributed by atoms with Crippen molar-refractivity contribution in [2.24, 2.45) is 0 Å². The van der Waals surface area contributed by atoms with Crippen molar-refractivity contribution in [2.75, 3.05) is 0 Å². The molecular weight excluding hydrogens is 274 g/mol. The third-order valence-corrected chi connectivity index (χ3v) is 3.37. The van der Waals surface area contributed by atoms with Crippen molar-refractivity contribution >= 4 is 17.5 Å². The molecule has 0 saturated carbocycles. The minimum Gasteiger partial charge on any atom is -0.507 e. The summed E-state index contributed by atoms with van der Waals surface area (Å²) in [5, 5.41) is 13.3. The summed E-state index contributed by atoms with van der Waals surface area (Å²) in [5.41, 5.74) is 2.16. The lowest BCUT2D eigenvalue weighted by Crippen LogP contribution is -2.26. The van der Waals surface area contributed by atoms with Gasteiger partial charge in [0.25, 0.3) is 5.91 Å². The summed E-state index contributed by atoms with van der Waals surface area (Å²) in [6.45, 7) is 3.76. The Hall–Kier alpha value is -2.00. The van der Waals surface area contributed by atoms with Crippen LogP contribution in [0.25, 0.3) is 0 Å². The van der Waals surface area contributed by atoms with E-state index in [1.807, 2.05) is 26.0 Å². The van der Waals surface area contributed by atoms with Crippen LogP contribution in [0.5, 0.6) is 5.75 Å². The average molecular weight is 290 g/mol. The van der Waals surface area contributed by atoms with Gasteiger partial charge in [-0.3, -0.25) is 4.79 Å². The minimum absolute atomic E-state index is 0.0172. The molecule has 0 aliphatic carbocycles. The highest BCUT2D eigenvalue weighted by molar-refractivity contribution is 6.30. The number of hydrogen-bond acceptors (Lipinski definition) is 2. The van der Waals surface area contributed by atoms with E-state index in [1.54, 1.807) is 24.3 Å². The summed E-state index contributed by atoms with van der Waals surface area (Å²) in [4.78, 5) is 12.2. The van der Waals surface area contributed by atoms with Crippen LogP contribution in [0.4, 0.5) is 0 Å². The van der Waals surface area contributed by atoms with Crippen molar-refractivity contribution in [3.63, 3.8) is 0 Å². The van der Waals surface area contributed by atoms with Crippen LogP contribution in [0, 0.1) is 6.92 Å². The first-order valence-corrected chi connectivity index (χ1v) is 6.71. The second-order valence-electron chi connectivity index (χ2n) is 4.77. The highest BCUT2D eigenvalue weighted by Gasteiger charge is 2.14. The molecule has 0 heterocycles. The molecule has 0 aromatic heterocycles. The number of phenolic OH excluding ortho intramolecular Hbond substituents is 1. The van der Waals surface area contributed by atoms with E-state index < -0.39 is 0 Å². The Kier molecular flexibility index (Phi) is 4.30. The molecule has 2 aromatic carbocycles. The molecule has 0 aliphatic rings. The largest absolute Gasteiger partial charge is 0.507 e. The monoisotopic (exact) mass is 289 g/mol. The number of phenols is 1. The van der Waals surface area contributed by atoms with Crippen LogP contribution in [0.1, 0.15) is 34.5 Å². The van der Waals surface area contributed by atoms with Crippen molar-refractivity contribution in [3.05, 3.63) is 64.2 Å². The van der Waals surface area contributed by atoms with E-state index in [9.17, 15) is 9.90 Å². The van der Waals surface area contributed by atoms with Gasteiger partial charge in [-0.1, -0.05) is 35.4 Å². The molecular formula is C16H16ClNO2. The highest BCUT2D eigenvalue weighted by atomic mass is 35.5. The van der Waals surface area contributed by atoms with Crippen LogP contribution >= 0.6 is 11.6 Å². The second-order valence-corrected chi connectivity index (χ2v) is 5.20. The van der Waals surface area contributed by atoms with Crippen molar-refractivity contribution in [2.45, 2.75) is 19.9 Å². The van der Waals surface area contributed by atoms with Crippen LogP contribution in [0.15, 0.2) is 42.5 Å². The van der Waals surface area contributed by atoms with Crippen LogP contribution in [-0.2, 0) is 0 Å². The summed E-state index contributed by atoms with van der Waals surface area (Å²) in [6.07, 6.45) is 0. The van der Waals surface area contributed by atoms with E-state index in [-0.39, 0.29) is 23.3 Å². The fourth-order valence-corrected chi connectivity index (χ4v) is 2.07. The predicted molar refractivity (Wildman–Crippen MR) is 80.2 cm³/mol. The fraction of sp³-hybridized carbons (Fsp3) is 0.188. The van der Waals surface area contributed by atoms with Crippen molar-refractivity contribution in [3.8, 4) is 5.75 Å². The topological polar surface area (TPSA) is 49.3 Å². The molecule has 4 heteroatoms. The summed E-state index contributed by atoms with van der Waals surface area (Å²) >= 11 is 5.84. The average Bonchev–Trinajstić information content (AvgIpc) is 2.42. The van der Waals surface area contributed by atoms with Crippen LogP contribution in [-0.4, -0.2) is 11.0 Å². The van der Waals surface area contributed by atoms with Gasteiger partial charge in [-0.25, -0.2) is 0 Å². The first kappa shape index (κ1) is 14.4. The maximum atomic E-state index is 12.2. The Morgan fingerprint density at radius 2 is 1.85 bits per heavy atom. The SMILES string of the molecule is Cc1ccc(O)c(C(=O)NC(C)c2ccc(Cl)cc2)c1. The summed E-state index contributed by atoms with van der Waals surface area (Å²) in [7, 11) is 0. The van der Waals surface area contributed by atoms with Crippen LogP contribution < -0.4 is 5.32 Å². The lowest BCUT2D eigenvalue weighted by atomic mass is 10.1. The van der Waals surface area contributed by atoms with E-state index in [4.69, 9.17) is 11.6 Å². The Balaban J connectivity index is 2.15. The second kappa shape index (κ2) is 5.97. The molecule has 1 amide bonds. The van der Waals surface area contributed by atoms with Gasteiger partial charge in [-0.2, -0.15) is 0 Å². The van der Waals surface area contributed by atoms with Crippen molar-refractivity contribution in [1.82, 2.24) is 5.32 Å². The van der Waals surface area contributed by atoms with E-state index in [0.717, 1.165) is 11.1 Å². The molecule has 0 fully saturated rings. The number of aryl methyl sites for hydroxylation is 1. The van der Waals surface area contributed by atoms with Gasteiger partial charge in [0.2, 0.25) is 0 Å². The number of carbonyl (C=O) groups excluding carboxylic acids is 1. The molecule has 0 spiro atoms. The Morgan fingerprint density at radius 1 is 1.20 bits per heavy atom. The van der Waals surface area contributed by atoms with E-state index in [1.165, 1.54) is 6.07 Å². The molecule has 3 nitrogen and oxygen atoms in total. The lowest BCUT2D eigenvalue weighted by molar-refractivity contribution is 0.0937. The van der Waals surface area contributed by atoms with Crippen molar-refractivity contribution in [1.29, 1.82) is 0 Å². The third-order valence-electron chi connectivity index (χ3n) is 3.11. The number of halogens is 1. The Labute approximate surface area is 123 Å². The Morgan fingerprint density at radius 3 is 2.50 bits per heavy atom. The molecule has 0 bridgehead atoms. The summed E-state index contributed by atoms with van der Waals surface area (Å²) in [5.74, 6) is -0.315. The lowest BCUT2D eigenvalue weighted by Gasteiger charge is -2.15. The van der Waals surface area contributed by atoms with Gasteiger partial charge < -0.3 is 10.4 Å². The van der Waals surface area contributed by atoms with Gasteiger partial charge in [-0.15, -0.1) is 0 Å². The van der Waals surface area contributed by atoms with Gasteiger partial charge in [0.1, 0.15) is 5.75 Å². The van der Waals surface area contributed by atoms with Gasteiger partial charge >= 0.3 is 0 Å². The summed E-state index contributed by atoms with van der Waals surface area (Å²) < 4.78 is 0. The number of benzene rings is 2. The van der Waals surface area contributed by atoms with Crippen molar-refractivity contribution < 1.29 is 9.90 Å². The quantitative estimate of drug-likeness (QED) is 0.902. The number of aromatic hydroxyl groups is 1. The first-order chi connectivity index (χ1) is 9.47. The molecule has 0 saturated heterocycles. The molecule has 2 rings (SSSR count). The number of amides is 1. The molecule has 104 valence electrons. The third kappa shape index (κ3) is 3.31. The van der Waals surface area contributed by atoms with Crippen LogP contribution in [0.3, 0.4) is 0 Å². The molecule has 0 radical (unpaired) electrons. The molecule has 2 aromatic rings. The minimum atomic E-state index is -0.298. The smallest absolute Gasteiger partial charge is 0.255 e. The van der Waals surface area contributed by atoms with Gasteiger partial charge in [-0.05, 0) is 43.7 Å². The summed E-state index contributed by atoms with van der Waals surface area (Å²) in [6, 6.07) is 12.1. The molecule has 1 unspecified atom stereocenters. The number of rotatable bonds is 3. The Bertz CT molecular complexity index is 623. The zero-order chi connectivity index (χ0) is 14.7. The molecule has 1 atom stereocenters. The number of hydrogen-bond donors (Lipinski definition) is 2. The van der Waals surface area contributed by atoms with E-state index >= 15 is 0 Å². The number of carbonyl (C=O) groups is 1. The molecule has 20 heavy (non-hydrogen) atoms. The standard InChI is InChI=1S/C16H16ClNO2/c1-10-3-8-15(19)14(9-10)16(20)18-11(2)12-4-6-13(17)7-5-12/h3-9,11,19H,1-2H3,(H,18,20). The zero-order valence-corrected chi connectivity index (χ0v) is 12.1.